The van der Waals surface area contributed by atoms with Crippen molar-refractivity contribution >= 4 is 23.1 Å². The summed E-state index contributed by atoms with van der Waals surface area (Å²) in [6, 6.07) is 10.1. The van der Waals surface area contributed by atoms with Crippen LogP contribution in [0.2, 0.25) is 0 Å². The van der Waals surface area contributed by atoms with Crippen molar-refractivity contribution in [3.63, 3.8) is 0 Å². The van der Waals surface area contributed by atoms with Gasteiger partial charge in [-0.05, 0) is 82.3 Å². The average Bonchev–Trinajstić information content (AvgIpc) is 3.04. The van der Waals surface area contributed by atoms with Gasteiger partial charge in [-0.25, -0.2) is 0 Å². The molecule has 0 fully saturated rings. The summed E-state index contributed by atoms with van der Waals surface area (Å²) >= 11 is 0. The van der Waals surface area contributed by atoms with Crippen LogP contribution in [-0.2, 0) is 0 Å². The van der Waals surface area contributed by atoms with Crippen LogP contribution in [0, 0.1) is 13.7 Å². The molecule has 0 aromatic heterocycles. The lowest BCUT2D eigenvalue weighted by atomic mass is 9.35. The van der Waals surface area contributed by atoms with Crippen LogP contribution in [0.25, 0.3) is 22.3 Å². The molecule has 0 radical (unpaired) electrons. The van der Waals surface area contributed by atoms with Gasteiger partial charge in [-0.1, -0.05) is 78.7 Å². The van der Waals surface area contributed by atoms with Crippen molar-refractivity contribution in [2.24, 2.45) is 0 Å². The molecule has 0 spiro atoms. The standard InChI is InChI=1S/C32H23BO2/c1-20-8-3-5-10-24(20)22-14-16-26-30(18-22)34-28-12-7-13-29-32(28)33(26)27-17-15-23(19-31(27)35-29)25-11-6-4-9-21(25)2/h3-19H,1-2H3/i1D3,2D3,3D,4D,5D,6D,8D,9D,10D,11D. The minimum atomic E-state index is -2.85. The molecular weight excluding hydrogens is 427 g/mol. The van der Waals surface area contributed by atoms with Gasteiger partial charge >= 0.3 is 0 Å². The van der Waals surface area contributed by atoms with E-state index in [4.69, 9.17) is 28.7 Å². The van der Waals surface area contributed by atoms with Crippen molar-refractivity contribution < 1.29 is 28.7 Å². The number of hydrogen-bond acceptors (Lipinski definition) is 2. The zero-order valence-corrected chi connectivity index (χ0v) is 18.1. The maximum Gasteiger partial charge on any atom is 0.260 e. The molecule has 0 saturated carbocycles. The molecular formula is C32H23BO2. The van der Waals surface area contributed by atoms with Crippen LogP contribution in [-0.4, -0.2) is 6.71 Å². The van der Waals surface area contributed by atoms with E-state index >= 15 is 0 Å². The Bertz CT molecular complexity index is 2110. The molecule has 0 unspecified atom stereocenters. The Kier molecular flexibility index (Phi) is 2.31. The molecule has 0 amide bonds. The lowest BCUT2D eigenvalue weighted by Gasteiger charge is -2.33. The van der Waals surface area contributed by atoms with E-state index in [1.807, 2.05) is 0 Å². The second-order valence-corrected chi connectivity index (χ2v) is 8.31. The van der Waals surface area contributed by atoms with Gasteiger partial charge < -0.3 is 9.47 Å². The Morgan fingerprint density at radius 1 is 0.629 bits per heavy atom. The third-order valence-electron chi connectivity index (χ3n) is 6.36. The zero-order chi connectivity index (χ0) is 35.5. The van der Waals surface area contributed by atoms with Gasteiger partial charge in [-0.2, -0.15) is 0 Å². The Morgan fingerprint density at radius 3 is 1.66 bits per heavy atom. The molecule has 35 heavy (non-hydrogen) atoms. The monoisotopic (exact) mass is 464 g/mol. The second-order valence-electron chi connectivity index (χ2n) is 8.31. The van der Waals surface area contributed by atoms with E-state index in [1.54, 1.807) is 54.6 Å². The van der Waals surface area contributed by atoms with Crippen molar-refractivity contribution in [1.29, 1.82) is 0 Å². The Morgan fingerprint density at radius 2 is 1.14 bits per heavy atom. The second kappa shape index (κ2) is 7.64. The first-order valence-electron chi connectivity index (χ1n) is 17.9. The quantitative estimate of drug-likeness (QED) is 0.277. The maximum absolute atomic E-state index is 8.58. The van der Waals surface area contributed by atoms with Crippen molar-refractivity contribution in [2.45, 2.75) is 13.7 Å². The smallest absolute Gasteiger partial charge is 0.260 e. The highest BCUT2D eigenvalue weighted by Crippen LogP contribution is 2.37. The SMILES string of the molecule is [2H]c1c([2H])c([2H])c(C([2H])([2H])[2H])c(-c2ccc3c(c2)Oc2cccc4c2B3c2ccc(-c3c([2H])c([2H])c([2H])c([2H])c3C([2H])([2H])[2H])cc2O4)c1[2H]. The predicted molar refractivity (Wildman–Crippen MR) is 144 cm³/mol. The summed E-state index contributed by atoms with van der Waals surface area (Å²) in [5.74, 6) is 1.51. The van der Waals surface area contributed by atoms with Crippen LogP contribution in [0.5, 0.6) is 23.0 Å². The number of ether oxygens (including phenoxy) is 2. The zero-order valence-electron chi connectivity index (χ0n) is 32.1. The molecule has 0 saturated heterocycles. The van der Waals surface area contributed by atoms with Crippen LogP contribution in [0.4, 0.5) is 0 Å². The van der Waals surface area contributed by atoms with Gasteiger partial charge in [-0.15, -0.1) is 0 Å². The van der Waals surface area contributed by atoms with E-state index in [1.165, 1.54) is 0 Å². The highest BCUT2D eigenvalue weighted by atomic mass is 16.5. The summed E-state index contributed by atoms with van der Waals surface area (Å²) in [6.45, 7) is -6.19. The van der Waals surface area contributed by atoms with Crippen LogP contribution in [0.15, 0.2) is 103 Å². The molecule has 2 nitrogen and oxygen atoms in total. The Labute approximate surface area is 225 Å². The third kappa shape index (κ3) is 3.12. The van der Waals surface area contributed by atoms with E-state index in [0.717, 1.165) is 0 Å². The van der Waals surface area contributed by atoms with Crippen LogP contribution < -0.4 is 25.9 Å². The Balaban J connectivity index is 1.42. The highest BCUT2D eigenvalue weighted by molar-refractivity contribution is 6.98. The molecule has 2 aliphatic rings. The molecule has 7 rings (SSSR count). The van der Waals surface area contributed by atoms with E-state index in [-0.39, 0.29) is 22.3 Å². The molecule has 3 heteroatoms. The summed E-state index contributed by atoms with van der Waals surface area (Å²) in [6.07, 6.45) is 0. The number of fused-ring (bicyclic) bond motifs is 4. The van der Waals surface area contributed by atoms with Crippen LogP contribution in [0.3, 0.4) is 0 Å². The van der Waals surface area contributed by atoms with E-state index in [0.29, 0.717) is 39.4 Å². The minimum absolute atomic E-state index is 0.161. The number of benzene rings is 5. The normalized spacial score (nSPS) is 19.1. The molecule has 5 aromatic carbocycles. The van der Waals surface area contributed by atoms with E-state index in [9.17, 15) is 0 Å². The van der Waals surface area contributed by atoms with Gasteiger partial charge in [0.2, 0.25) is 0 Å². The maximum atomic E-state index is 8.58. The fraction of sp³-hybridized carbons (Fsp3) is 0.0625. The van der Waals surface area contributed by atoms with E-state index < -0.39 is 79.9 Å². The van der Waals surface area contributed by atoms with Gasteiger partial charge in [-0.3, -0.25) is 0 Å². The molecule has 0 N–H and O–H groups in total. The summed E-state index contributed by atoms with van der Waals surface area (Å²) in [4.78, 5) is 0. The van der Waals surface area contributed by atoms with Crippen molar-refractivity contribution in [1.82, 2.24) is 0 Å². The number of rotatable bonds is 2. The molecule has 0 atom stereocenters. The topological polar surface area (TPSA) is 18.5 Å². The van der Waals surface area contributed by atoms with Gasteiger partial charge in [0.25, 0.3) is 6.71 Å². The predicted octanol–water partition coefficient (Wildman–Crippen LogP) is 6.37. The molecule has 0 bridgehead atoms. The van der Waals surface area contributed by atoms with Gasteiger partial charge in [0, 0.05) is 13.7 Å². The lowest BCUT2D eigenvalue weighted by Crippen LogP contribution is -2.57. The molecule has 2 aliphatic heterocycles. The minimum Gasteiger partial charge on any atom is -0.458 e. The third-order valence-corrected chi connectivity index (χ3v) is 6.36. The lowest BCUT2D eigenvalue weighted by molar-refractivity contribution is 0.464. The van der Waals surface area contributed by atoms with Crippen molar-refractivity contribution in [2.75, 3.05) is 0 Å². The number of hydrogen-bond donors (Lipinski definition) is 0. The fourth-order valence-electron chi connectivity index (χ4n) is 4.79. The summed E-state index contributed by atoms with van der Waals surface area (Å²) < 4.78 is 127. The van der Waals surface area contributed by atoms with Crippen molar-refractivity contribution in [3.8, 4) is 45.3 Å². The van der Waals surface area contributed by atoms with Crippen LogP contribution in [0.1, 0.15) is 30.3 Å². The summed E-state index contributed by atoms with van der Waals surface area (Å²) in [5, 5.41) is 0. The highest BCUT2D eigenvalue weighted by Gasteiger charge is 2.40. The molecule has 2 heterocycles. The summed E-state index contributed by atoms with van der Waals surface area (Å²) in [5.41, 5.74) is 1.08. The Hall–Kier alpha value is -4.24. The molecule has 166 valence electrons. The molecule has 5 aromatic rings. The largest absolute Gasteiger partial charge is 0.458 e. The van der Waals surface area contributed by atoms with Gasteiger partial charge in [0.1, 0.15) is 23.0 Å². The van der Waals surface area contributed by atoms with Gasteiger partial charge in [0.15, 0.2) is 0 Å². The summed E-state index contributed by atoms with van der Waals surface area (Å²) in [7, 11) is 0. The fourth-order valence-corrected chi connectivity index (χ4v) is 4.79. The van der Waals surface area contributed by atoms with Crippen LogP contribution >= 0.6 is 0 Å². The van der Waals surface area contributed by atoms with Gasteiger partial charge in [0.05, 0.1) is 11.0 Å². The molecule has 0 aliphatic carbocycles. The first kappa shape index (κ1) is 10.6. The first-order valence-corrected chi connectivity index (χ1v) is 10.9. The average molecular weight is 464 g/mol. The first-order chi connectivity index (χ1) is 22.9. The van der Waals surface area contributed by atoms with E-state index in [2.05, 4.69) is 0 Å². The van der Waals surface area contributed by atoms with Crippen molar-refractivity contribution in [3.05, 3.63) is 114 Å².